The van der Waals surface area contributed by atoms with Crippen LogP contribution in [-0.2, 0) is 29.1 Å². The molecule has 42 heavy (non-hydrogen) atoms. The lowest BCUT2D eigenvalue weighted by molar-refractivity contribution is -0.187. The molecule has 0 spiro atoms. The van der Waals surface area contributed by atoms with Gasteiger partial charge in [0.25, 0.3) is 0 Å². The second-order valence-electron chi connectivity index (χ2n) is 11.2. The highest BCUT2D eigenvalue weighted by atomic mass is 16.3. The molecule has 0 saturated carbocycles. The SMILES string of the molecule is Cc1cccc(CN2C[C@H]3N(C(=O)CN(C)N3C(=O)NCc3ccccc3)[C@@H](Cc3ccc(O)cc3)C2=O)c1N(C)C. The minimum atomic E-state index is -0.813. The zero-order valence-corrected chi connectivity index (χ0v) is 24.5. The molecule has 4 amide bonds. The van der Waals surface area contributed by atoms with Gasteiger partial charge >= 0.3 is 6.03 Å². The van der Waals surface area contributed by atoms with Crippen LogP contribution in [0.25, 0.3) is 0 Å². The summed E-state index contributed by atoms with van der Waals surface area (Å²) in [5.41, 5.74) is 4.89. The Hall–Kier alpha value is -4.57. The Bertz CT molecular complexity index is 1450. The van der Waals surface area contributed by atoms with E-state index in [1.807, 2.05) is 74.4 Å². The predicted octanol–water partition coefficient (Wildman–Crippen LogP) is 2.95. The van der Waals surface area contributed by atoms with Gasteiger partial charge in [0.2, 0.25) is 11.8 Å². The van der Waals surface area contributed by atoms with Gasteiger partial charge in [0.15, 0.2) is 0 Å². The van der Waals surface area contributed by atoms with Crippen LogP contribution in [0.15, 0.2) is 72.8 Å². The molecule has 10 heteroatoms. The van der Waals surface area contributed by atoms with Gasteiger partial charge in [-0.05, 0) is 41.3 Å². The summed E-state index contributed by atoms with van der Waals surface area (Å²) in [5, 5.41) is 16.0. The molecule has 3 aromatic rings. The van der Waals surface area contributed by atoms with Gasteiger partial charge in [0.1, 0.15) is 18.0 Å². The Morgan fingerprint density at radius 2 is 1.69 bits per heavy atom. The fraction of sp³-hybridized carbons (Fsp3) is 0.344. The molecule has 2 atom stereocenters. The first-order chi connectivity index (χ1) is 20.1. The number of benzene rings is 3. The average molecular weight is 571 g/mol. The van der Waals surface area contributed by atoms with Crippen molar-refractivity contribution in [1.29, 1.82) is 0 Å². The Morgan fingerprint density at radius 3 is 2.38 bits per heavy atom. The first-order valence-electron chi connectivity index (χ1n) is 14.1. The number of carbonyl (C=O) groups excluding carboxylic acids is 3. The van der Waals surface area contributed by atoms with E-state index in [1.54, 1.807) is 51.1 Å². The summed E-state index contributed by atoms with van der Waals surface area (Å²) in [6, 6.07) is 21.2. The number of para-hydroxylation sites is 1. The number of hydrogen-bond acceptors (Lipinski definition) is 6. The molecule has 0 aliphatic carbocycles. The summed E-state index contributed by atoms with van der Waals surface area (Å²) < 4.78 is 0. The van der Waals surface area contributed by atoms with E-state index in [9.17, 15) is 19.5 Å². The van der Waals surface area contributed by atoms with E-state index in [0.717, 1.165) is 27.9 Å². The van der Waals surface area contributed by atoms with E-state index >= 15 is 0 Å². The van der Waals surface area contributed by atoms with Gasteiger partial charge < -0.3 is 25.1 Å². The molecule has 2 heterocycles. The van der Waals surface area contributed by atoms with Crippen LogP contribution in [-0.4, -0.2) is 89.2 Å². The standard InChI is InChI=1S/C32H38N6O4/c1-22-9-8-12-25(30(22)34(2)3)19-36-20-28-37(27(31(36)41)17-23-13-15-26(39)16-14-23)29(40)21-35(4)38(28)32(42)33-18-24-10-6-5-7-11-24/h5-16,27-28,39H,17-21H2,1-4H3,(H,33,42)/t27-,28-/m0/s1. The largest absolute Gasteiger partial charge is 0.508 e. The number of nitrogens with zero attached hydrogens (tertiary/aromatic N) is 5. The lowest BCUT2D eigenvalue weighted by Gasteiger charge is -2.54. The number of carbonyl (C=O) groups is 3. The normalized spacial score (nSPS) is 19.1. The molecular formula is C32H38N6O4. The third kappa shape index (κ3) is 5.89. The van der Waals surface area contributed by atoms with Crippen molar-refractivity contribution in [1.82, 2.24) is 25.1 Å². The molecule has 5 rings (SSSR count). The molecule has 220 valence electrons. The van der Waals surface area contributed by atoms with Gasteiger partial charge in [-0.2, -0.15) is 0 Å². The maximum atomic E-state index is 14.2. The van der Waals surface area contributed by atoms with Crippen LogP contribution < -0.4 is 10.2 Å². The fourth-order valence-electron chi connectivity index (χ4n) is 6.05. The van der Waals surface area contributed by atoms with Gasteiger partial charge in [0, 0.05) is 46.3 Å². The maximum Gasteiger partial charge on any atom is 0.334 e. The molecule has 2 aliphatic heterocycles. The minimum absolute atomic E-state index is 0.0305. The number of aryl methyl sites for hydroxylation is 1. The number of rotatable bonds is 7. The number of anilines is 1. The van der Waals surface area contributed by atoms with E-state index in [2.05, 4.69) is 5.32 Å². The molecule has 0 unspecified atom stereocenters. The Balaban J connectivity index is 1.49. The highest BCUT2D eigenvalue weighted by molar-refractivity contribution is 5.91. The average Bonchev–Trinajstić information content (AvgIpc) is 2.95. The first kappa shape index (κ1) is 28.9. The van der Waals surface area contributed by atoms with E-state index in [0.29, 0.717) is 13.1 Å². The number of hydrazine groups is 1. The Kier molecular flexibility index (Phi) is 8.35. The topological polar surface area (TPSA) is 99.7 Å². The summed E-state index contributed by atoms with van der Waals surface area (Å²) >= 11 is 0. The monoisotopic (exact) mass is 570 g/mol. The van der Waals surface area contributed by atoms with Crippen molar-refractivity contribution in [3.05, 3.63) is 95.1 Å². The second kappa shape index (κ2) is 12.1. The van der Waals surface area contributed by atoms with Crippen LogP contribution in [0.1, 0.15) is 22.3 Å². The van der Waals surface area contributed by atoms with Gasteiger partial charge in [-0.25, -0.2) is 14.8 Å². The molecule has 2 N–H and O–H groups in total. The van der Waals surface area contributed by atoms with Crippen LogP contribution >= 0.6 is 0 Å². The van der Waals surface area contributed by atoms with Crippen molar-refractivity contribution in [3.63, 3.8) is 0 Å². The minimum Gasteiger partial charge on any atom is -0.508 e. The summed E-state index contributed by atoms with van der Waals surface area (Å²) in [6.07, 6.45) is -0.436. The molecule has 2 fully saturated rings. The number of phenolic OH excluding ortho intramolecular Hbond substituents is 1. The number of amides is 4. The predicted molar refractivity (Wildman–Crippen MR) is 160 cm³/mol. The highest BCUT2D eigenvalue weighted by Crippen LogP contribution is 2.31. The fourth-order valence-corrected chi connectivity index (χ4v) is 6.05. The smallest absolute Gasteiger partial charge is 0.334 e. The van der Waals surface area contributed by atoms with E-state index < -0.39 is 12.2 Å². The van der Waals surface area contributed by atoms with Crippen LogP contribution in [0.4, 0.5) is 10.5 Å². The van der Waals surface area contributed by atoms with E-state index in [1.165, 1.54) is 0 Å². The van der Waals surface area contributed by atoms with Crippen molar-refractivity contribution in [2.24, 2.45) is 0 Å². The van der Waals surface area contributed by atoms with Crippen molar-refractivity contribution in [2.45, 2.75) is 38.6 Å². The summed E-state index contributed by atoms with van der Waals surface area (Å²) in [4.78, 5) is 46.8. The Labute approximate surface area is 246 Å². The lowest BCUT2D eigenvalue weighted by atomic mass is 9.97. The maximum absolute atomic E-state index is 14.2. The third-order valence-corrected chi connectivity index (χ3v) is 7.93. The number of aromatic hydroxyl groups is 1. The second-order valence-corrected chi connectivity index (χ2v) is 11.2. The number of nitrogens with one attached hydrogen (secondary N) is 1. The molecule has 0 aromatic heterocycles. The molecule has 3 aromatic carbocycles. The van der Waals surface area contributed by atoms with Crippen LogP contribution in [0.2, 0.25) is 0 Å². The lowest BCUT2D eigenvalue weighted by Crippen LogP contribution is -2.76. The van der Waals surface area contributed by atoms with E-state index in [4.69, 9.17) is 0 Å². The van der Waals surface area contributed by atoms with Gasteiger partial charge in [-0.15, -0.1) is 0 Å². The molecule has 0 bridgehead atoms. The van der Waals surface area contributed by atoms with Crippen molar-refractivity contribution < 1.29 is 19.5 Å². The highest BCUT2D eigenvalue weighted by Gasteiger charge is 2.50. The van der Waals surface area contributed by atoms with Crippen LogP contribution in [0, 0.1) is 6.92 Å². The summed E-state index contributed by atoms with van der Waals surface area (Å²) in [5.74, 6) is -0.259. The zero-order chi connectivity index (χ0) is 30.0. The van der Waals surface area contributed by atoms with Crippen molar-refractivity contribution in [3.8, 4) is 5.75 Å². The summed E-state index contributed by atoms with van der Waals surface area (Å²) in [7, 11) is 5.68. The number of phenols is 1. The van der Waals surface area contributed by atoms with Gasteiger partial charge in [-0.3, -0.25) is 9.59 Å². The quantitative estimate of drug-likeness (QED) is 0.453. The van der Waals surface area contributed by atoms with E-state index in [-0.39, 0.29) is 43.1 Å². The van der Waals surface area contributed by atoms with Crippen LogP contribution in [0.3, 0.4) is 0 Å². The van der Waals surface area contributed by atoms with Gasteiger partial charge in [0.05, 0.1) is 13.1 Å². The van der Waals surface area contributed by atoms with Crippen LogP contribution in [0.5, 0.6) is 5.75 Å². The molecular weight excluding hydrogens is 532 g/mol. The number of fused-ring (bicyclic) bond motifs is 1. The summed E-state index contributed by atoms with van der Waals surface area (Å²) in [6.45, 7) is 2.85. The van der Waals surface area contributed by atoms with Crippen molar-refractivity contribution >= 4 is 23.5 Å². The third-order valence-electron chi connectivity index (χ3n) is 7.93. The Morgan fingerprint density at radius 1 is 0.976 bits per heavy atom. The zero-order valence-electron chi connectivity index (χ0n) is 24.5. The number of likely N-dealkylation sites (N-methyl/N-ethyl adjacent to an activating group) is 1. The number of urea groups is 1. The van der Waals surface area contributed by atoms with Gasteiger partial charge in [-0.1, -0.05) is 60.7 Å². The number of piperazine rings is 1. The van der Waals surface area contributed by atoms with Crippen molar-refractivity contribution in [2.75, 3.05) is 39.1 Å². The molecule has 2 saturated heterocycles. The number of hydrogen-bond donors (Lipinski definition) is 2. The molecule has 0 radical (unpaired) electrons. The first-order valence-corrected chi connectivity index (χ1v) is 14.1. The molecule has 2 aliphatic rings. The molecule has 10 nitrogen and oxygen atoms in total.